The molecule has 2 aliphatic rings. The molecule has 0 aliphatic carbocycles. The molecule has 26 heavy (non-hydrogen) atoms. The molecule has 2 heterocycles. The monoisotopic (exact) mass is 382 g/mol. The van der Waals surface area contributed by atoms with Gasteiger partial charge in [-0.3, -0.25) is 15.0 Å². The molecule has 1 aromatic carbocycles. The molecule has 5 atom stereocenters. The van der Waals surface area contributed by atoms with Crippen LogP contribution in [0.5, 0.6) is 0 Å². The molecule has 3 rings (SSSR count). The van der Waals surface area contributed by atoms with Crippen LogP contribution in [0.1, 0.15) is 24.9 Å². The van der Waals surface area contributed by atoms with Crippen LogP contribution in [0.15, 0.2) is 30.3 Å². The summed E-state index contributed by atoms with van der Waals surface area (Å²) in [5.74, 6) is -0.734. The Hall–Kier alpha value is -1.67. The Morgan fingerprint density at radius 3 is 2.65 bits per heavy atom. The van der Waals surface area contributed by atoms with Crippen molar-refractivity contribution >= 4 is 24.3 Å². The molecule has 2 aliphatic heterocycles. The van der Waals surface area contributed by atoms with Gasteiger partial charge in [-0.25, -0.2) is 5.43 Å². The number of nitrogens with one attached hydrogen (secondary N) is 4. The number of carbonyl (C=O) groups excluding carboxylic acids is 2. The van der Waals surface area contributed by atoms with Gasteiger partial charge in [0, 0.05) is 18.5 Å². The highest BCUT2D eigenvalue weighted by molar-refractivity contribution is 5.85. The van der Waals surface area contributed by atoms with E-state index < -0.39 is 12.0 Å². The maximum absolute atomic E-state index is 12.9. The molecular weight excluding hydrogens is 356 g/mol. The summed E-state index contributed by atoms with van der Waals surface area (Å²) in [6.07, 6.45) is 0.988. The highest BCUT2D eigenvalue weighted by Crippen LogP contribution is 2.25. The Bertz CT molecular complexity index is 616. The summed E-state index contributed by atoms with van der Waals surface area (Å²) in [5, 5.41) is 6.40. The van der Waals surface area contributed by atoms with E-state index in [9.17, 15) is 9.59 Å². The molecule has 0 aromatic heterocycles. The van der Waals surface area contributed by atoms with E-state index in [-0.39, 0.29) is 36.2 Å². The molecule has 7 nitrogen and oxygen atoms in total. The second kappa shape index (κ2) is 9.32. The van der Waals surface area contributed by atoms with Crippen LogP contribution in [0.3, 0.4) is 0 Å². The lowest BCUT2D eigenvalue weighted by Gasteiger charge is -2.29. The number of rotatable bonds is 5. The van der Waals surface area contributed by atoms with Gasteiger partial charge in [0.2, 0.25) is 5.91 Å². The van der Waals surface area contributed by atoms with Gasteiger partial charge in [0.15, 0.2) is 0 Å². The van der Waals surface area contributed by atoms with Gasteiger partial charge in [0.25, 0.3) is 0 Å². The first-order chi connectivity index (χ1) is 12.1. The van der Waals surface area contributed by atoms with Gasteiger partial charge >= 0.3 is 5.97 Å². The van der Waals surface area contributed by atoms with Gasteiger partial charge < -0.3 is 15.4 Å². The number of halogens is 1. The molecular formula is C18H27ClN4O3. The number of benzene rings is 1. The van der Waals surface area contributed by atoms with Crippen LogP contribution in [-0.2, 0) is 14.3 Å². The van der Waals surface area contributed by atoms with Crippen molar-refractivity contribution in [3.63, 3.8) is 0 Å². The SMILES string of the molecule is COC(=O)C(C)C(NC(=O)C1NNC2CCNCC21)c1ccccc1.Cl. The second-order valence-electron chi connectivity index (χ2n) is 6.74. The van der Waals surface area contributed by atoms with E-state index in [4.69, 9.17) is 4.74 Å². The third kappa shape index (κ3) is 4.35. The van der Waals surface area contributed by atoms with Crippen LogP contribution < -0.4 is 21.5 Å². The van der Waals surface area contributed by atoms with Gasteiger partial charge in [-0.1, -0.05) is 30.3 Å². The summed E-state index contributed by atoms with van der Waals surface area (Å²) >= 11 is 0. The first-order valence-corrected chi connectivity index (χ1v) is 8.76. The van der Waals surface area contributed by atoms with Crippen LogP contribution in [0, 0.1) is 11.8 Å². The molecule has 0 bridgehead atoms. The van der Waals surface area contributed by atoms with Crippen molar-refractivity contribution in [2.45, 2.75) is 31.5 Å². The largest absolute Gasteiger partial charge is 0.469 e. The second-order valence-corrected chi connectivity index (χ2v) is 6.74. The maximum atomic E-state index is 12.9. The fourth-order valence-electron chi connectivity index (χ4n) is 3.70. The number of carbonyl (C=O) groups is 2. The average molecular weight is 383 g/mol. The number of hydrazine groups is 1. The number of esters is 1. The fraction of sp³-hybridized carbons (Fsp3) is 0.556. The first kappa shape index (κ1) is 20.6. The van der Waals surface area contributed by atoms with Crippen molar-refractivity contribution in [2.75, 3.05) is 20.2 Å². The Morgan fingerprint density at radius 1 is 1.23 bits per heavy atom. The van der Waals surface area contributed by atoms with E-state index in [0.717, 1.165) is 25.1 Å². The van der Waals surface area contributed by atoms with Crippen LogP contribution in [0.4, 0.5) is 0 Å². The van der Waals surface area contributed by atoms with Gasteiger partial charge in [0.05, 0.1) is 19.1 Å². The molecule has 8 heteroatoms. The number of amides is 1. The van der Waals surface area contributed by atoms with E-state index >= 15 is 0 Å². The highest BCUT2D eigenvalue weighted by atomic mass is 35.5. The summed E-state index contributed by atoms with van der Waals surface area (Å²) < 4.78 is 4.88. The number of hydrogen-bond donors (Lipinski definition) is 4. The predicted molar refractivity (Wildman–Crippen MR) is 101 cm³/mol. The van der Waals surface area contributed by atoms with Crippen molar-refractivity contribution in [3.05, 3.63) is 35.9 Å². The van der Waals surface area contributed by atoms with Crippen molar-refractivity contribution in [3.8, 4) is 0 Å². The van der Waals surface area contributed by atoms with Gasteiger partial charge in [-0.15, -0.1) is 12.4 Å². The molecule has 0 spiro atoms. The molecule has 4 N–H and O–H groups in total. The minimum Gasteiger partial charge on any atom is -0.469 e. The third-order valence-electron chi connectivity index (χ3n) is 5.19. The Morgan fingerprint density at radius 2 is 1.96 bits per heavy atom. The lowest BCUT2D eigenvalue weighted by molar-refractivity contribution is -0.146. The van der Waals surface area contributed by atoms with Crippen LogP contribution >= 0.6 is 12.4 Å². The summed E-state index contributed by atoms with van der Waals surface area (Å²) in [6, 6.07) is 9.07. The number of ether oxygens (including phenoxy) is 1. The number of fused-ring (bicyclic) bond motifs is 1. The zero-order chi connectivity index (χ0) is 17.8. The number of hydrogen-bond acceptors (Lipinski definition) is 6. The fourth-order valence-corrected chi connectivity index (χ4v) is 3.70. The van der Waals surface area contributed by atoms with Crippen LogP contribution in [-0.4, -0.2) is 44.2 Å². The van der Waals surface area contributed by atoms with Crippen molar-refractivity contribution in [1.82, 2.24) is 21.5 Å². The van der Waals surface area contributed by atoms with E-state index in [1.165, 1.54) is 7.11 Å². The summed E-state index contributed by atoms with van der Waals surface area (Å²) in [5.41, 5.74) is 7.23. The number of methoxy groups -OCH3 is 1. The third-order valence-corrected chi connectivity index (χ3v) is 5.19. The summed E-state index contributed by atoms with van der Waals surface area (Å²) in [6.45, 7) is 3.52. The molecule has 5 unspecified atom stereocenters. The quantitative estimate of drug-likeness (QED) is 0.555. The van der Waals surface area contributed by atoms with Gasteiger partial charge in [-0.2, -0.15) is 0 Å². The molecule has 1 amide bonds. The smallest absolute Gasteiger partial charge is 0.310 e. The normalized spacial score (nSPS) is 26.8. The molecule has 144 valence electrons. The molecule has 0 saturated carbocycles. The topological polar surface area (TPSA) is 91.5 Å². The lowest BCUT2D eigenvalue weighted by atomic mass is 9.88. The zero-order valence-electron chi connectivity index (χ0n) is 15.0. The number of piperidine rings is 1. The van der Waals surface area contributed by atoms with Crippen LogP contribution in [0.25, 0.3) is 0 Å². The Kier molecular flexibility index (Phi) is 7.40. The minimum atomic E-state index is -0.481. The standard InChI is InChI=1S/C18H26N4O3.ClH/c1-11(18(24)25-2)15(12-6-4-3-5-7-12)20-17(23)16-13-10-19-9-8-14(13)21-22-16;/h3-7,11,13-16,19,21-22H,8-10H2,1-2H3,(H,20,23);1H. The average Bonchev–Trinajstić information content (AvgIpc) is 3.09. The predicted octanol–water partition coefficient (Wildman–Crippen LogP) is 0.529. The zero-order valence-corrected chi connectivity index (χ0v) is 15.8. The summed E-state index contributed by atoms with van der Waals surface area (Å²) in [4.78, 5) is 25.0. The van der Waals surface area contributed by atoms with Crippen molar-refractivity contribution in [1.29, 1.82) is 0 Å². The first-order valence-electron chi connectivity index (χ1n) is 8.76. The Labute approximate surface area is 160 Å². The van der Waals surface area contributed by atoms with Gasteiger partial charge in [-0.05, 0) is 25.5 Å². The van der Waals surface area contributed by atoms with Crippen LogP contribution in [0.2, 0.25) is 0 Å². The maximum Gasteiger partial charge on any atom is 0.310 e. The molecule has 2 fully saturated rings. The highest BCUT2D eigenvalue weighted by Gasteiger charge is 2.42. The Balaban J connectivity index is 0.00000243. The minimum absolute atomic E-state index is 0. The van der Waals surface area contributed by atoms with Gasteiger partial charge in [0.1, 0.15) is 6.04 Å². The lowest BCUT2D eigenvalue weighted by Crippen LogP contribution is -2.51. The molecule has 0 radical (unpaired) electrons. The van der Waals surface area contributed by atoms with E-state index in [1.54, 1.807) is 6.92 Å². The van der Waals surface area contributed by atoms with Crippen molar-refractivity contribution < 1.29 is 14.3 Å². The van der Waals surface area contributed by atoms with E-state index in [2.05, 4.69) is 21.5 Å². The molecule has 1 aromatic rings. The van der Waals surface area contributed by atoms with Crippen molar-refractivity contribution in [2.24, 2.45) is 11.8 Å². The van der Waals surface area contributed by atoms with E-state index in [1.807, 2.05) is 30.3 Å². The van der Waals surface area contributed by atoms with E-state index in [0.29, 0.717) is 6.04 Å². The molecule has 2 saturated heterocycles. The summed E-state index contributed by atoms with van der Waals surface area (Å²) in [7, 11) is 1.36.